The van der Waals surface area contributed by atoms with Crippen LogP contribution in [0.25, 0.3) is 0 Å². The molecule has 0 aromatic heterocycles. The monoisotopic (exact) mass is 181 g/mol. The zero-order valence-corrected chi connectivity index (χ0v) is 9.67. The van der Waals surface area contributed by atoms with Gasteiger partial charge in [0, 0.05) is 12.8 Å². The van der Waals surface area contributed by atoms with Gasteiger partial charge in [-0.25, -0.2) is 0 Å². The third kappa shape index (κ3) is 7.76. The van der Waals surface area contributed by atoms with E-state index in [2.05, 4.69) is 38.8 Å². The van der Waals surface area contributed by atoms with E-state index >= 15 is 0 Å². The summed E-state index contributed by atoms with van der Waals surface area (Å²) in [6.07, 6.45) is 5.32. The average molecular weight is 181 g/mol. The Labute approximate surface area is 83.0 Å². The second-order valence-electron chi connectivity index (χ2n) is 4.26. The Kier molecular flexibility index (Phi) is 6.56. The summed E-state index contributed by atoms with van der Waals surface area (Å²) in [5.74, 6) is 1.49. The van der Waals surface area contributed by atoms with Gasteiger partial charge in [0.15, 0.2) is 0 Å². The molecule has 0 saturated carbocycles. The minimum Gasteiger partial charge on any atom is -0.293 e. The van der Waals surface area contributed by atoms with Crippen molar-refractivity contribution in [1.82, 2.24) is 0 Å². The molecule has 0 heterocycles. The lowest BCUT2D eigenvalue weighted by molar-refractivity contribution is 0.448. The van der Waals surface area contributed by atoms with Crippen molar-refractivity contribution in [2.24, 2.45) is 16.8 Å². The standard InChI is InChI=1S/C12H23N/c1-6-11(4)8-13-9-12(5)7-10(2)3/h6,8,10,12H,7,9H2,1-5H3/b11-6-,13-8-. The molecule has 0 spiro atoms. The summed E-state index contributed by atoms with van der Waals surface area (Å²) in [5.41, 5.74) is 1.25. The first-order valence-electron chi connectivity index (χ1n) is 5.19. The zero-order valence-electron chi connectivity index (χ0n) is 9.67. The van der Waals surface area contributed by atoms with Crippen molar-refractivity contribution in [2.45, 2.75) is 41.0 Å². The van der Waals surface area contributed by atoms with Crippen LogP contribution in [0.3, 0.4) is 0 Å². The molecule has 0 fully saturated rings. The van der Waals surface area contributed by atoms with Crippen molar-refractivity contribution >= 4 is 6.21 Å². The largest absolute Gasteiger partial charge is 0.293 e. The van der Waals surface area contributed by atoms with Crippen molar-refractivity contribution in [3.63, 3.8) is 0 Å². The molecule has 1 nitrogen and oxygen atoms in total. The van der Waals surface area contributed by atoms with Crippen molar-refractivity contribution in [3.8, 4) is 0 Å². The molecule has 0 amide bonds. The molecule has 0 aromatic carbocycles. The molecule has 0 bridgehead atoms. The third-order valence-electron chi connectivity index (χ3n) is 2.04. The molecule has 0 aliphatic carbocycles. The molecule has 0 rings (SSSR count). The summed E-state index contributed by atoms with van der Waals surface area (Å²) < 4.78 is 0. The van der Waals surface area contributed by atoms with E-state index in [-0.39, 0.29) is 0 Å². The van der Waals surface area contributed by atoms with E-state index in [9.17, 15) is 0 Å². The minimum atomic E-state index is 0.709. The van der Waals surface area contributed by atoms with Gasteiger partial charge in [-0.15, -0.1) is 0 Å². The first-order chi connectivity index (χ1) is 6.06. The maximum atomic E-state index is 4.40. The molecule has 0 aliphatic heterocycles. The van der Waals surface area contributed by atoms with Crippen molar-refractivity contribution in [1.29, 1.82) is 0 Å². The van der Waals surface area contributed by atoms with Gasteiger partial charge in [0.2, 0.25) is 0 Å². The van der Waals surface area contributed by atoms with Gasteiger partial charge in [0.1, 0.15) is 0 Å². The number of aliphatic imine (C=N–C) groups is 1. The SMILES string of the molecule is C/C=C(C)\C=N/CC(C)CC(C)C. The van der Waals surface area contributed by atoms with Crippen LogP contribution in [0.5, 0.6) is 0 Å². The Bertz CT molecular complexity index is 178. The Morgan fingerprint density at radius 2 is 1.92 bits per heavy atom. The number of hydrogen-bond donors (Lipinski definition) is 0. The van der Waals surface area contributed by atoms with E-state index in [1.807, 2.05) is 13.1 Å². The van der Waals surface area contributed by atoms with Crippen LogP contribution in [0.4, 0.5) is 0 Å². The van der Waals surface area contributed by atoms with Gasteiger partial charge in [-0.3, -0.25) is 4.99 Å². The number of nitrogens with zero attached hydrogens (tertiary/aromatic N) is 1. The van der Waals surface area contributed by atoms with E-state index in [0.29, 0.717) is 5.92 Å². The quantitative estimate of drug-likeness (QED) is 0.573. The summed E-state index contributed by atoms with van der Waals surface area (Å²) in [6, 6.07) is 0. The maximum Gasteiger partial charge on any atom is 0.0415 e. The Balaban J connectivity index is 3.69. The van der Waals surface area contributed by atoms with Crippen LogP contribution >= 0.6 is 0 Å². The molecule has 0 aromatic rings. The molecule has 0 aliphatic rings. The predicted molar refractivity (Wildman–Crippen MR) is 61.4 cm³/mol. The van der Waals surface area contributed by atoms with E-state index in [0.717, 1.165) is 12.5 Å². The van der Waals surface area contributed by atoms with E-state index in [1.54, 1.807) is 0 Å². The third-order valence-corrected chi connectivity index (χ3v) is 2.04. The number of hydrogen-bond acceptors (Lipinski definition) is 1. The fourth-order valence-corrected chi connectivity index (χ4v) is 1.33. The lowest BCUT2D eigenvalue weighted by Gasteiger charge is -2.10. The normalized spacial score (nSPS) is 15.7. The minimum absolute atomic E-state index is 0.709. The highest BCUT2D eigenvalue weighted by Crippen LogP contribution is 2.10. The highest BCUT2D eigenvalue weighted by Gasteiger charge is 2.02. The van der Waals surface area contributed by atoms with Crippen molar-refractivity contribution in [3.05, 3.63) is 11.6 Å². The molecular weight excluding hydrogens is 158 g/mol. The van der Waals surface area contributed by atoms with Gasteiger partial charge in [-0.2, -0.15) is 0 Å². The maximum absolute atomic E-state index is 4.40. The van der Waals surface area contributed by atoms with Crippen LogP contribution < -0.4 is 0 Å². The molecule has 13 heavy (non-hydrogen) atoms. The van der Waals surface area contributed by atoms with Gasteiger partial charge in [-0.1, -0.05) is 26.8 Å². The fraction of sp³-hybridized carbons (Fsp3) is 0.750. The highest BCUT2D eigenvalue weighted by atomic mass is 14.7. The Morgan fingerprint density at radius 1 is 1.31 bits per heavy atom. The van der Waals surface area contributed by atoms with Crippen molar-refractivity contribution in [2.75, 3.05) is 6.54 Å². The van der Waals surface area contributed by atoms with E-state index < -0.39 is 0 Å². The van der Waals surface area contributed by atoms with Crippen LogP contribution in [0, 0.1) is 11.8 Å². The Hall–Kier alpha value is -0.590. The zero-order chi connectivity index (χ0) is 10.3. The second-order valence-corrected chi connectivity index (χ2v) is 4.26. The summed E-state index contributed by atoms with van der Waals surface area (Å²) in [5, 5.41) is 0. The second kappa shape index (κ2) is 6.88. The summed E-state index contributed by atoms with van der Waals surface area (Å²) in [4.78, 5) is 4.40. The summed E-state index contributed by atoms with van der Waals surface area (Å²) in [6.45, 7) is 11.9. The highest BCUT2D eigenvalue weighted by molar-refractivity contribution is 5.77. The summed E-state index contributed by atoms with van der Waals surface area (Å²) in [7, 11) is 0. The molecule has 1 atom stereocenters. The molecule has 76 valence electrons. The van der Waals surface area contributed by atoms with Gasteiger partial charge < -0.3 is 0 Å². The lowest BCUT2D eigenvalue weighted by Crippen LogP contribution is -2.03. The molecule has 1 unspecified atom stereocenters. The van der Waals surface area contributed by atoms with Crippen molar-refractivity contribution < 1.29 is 0 Å². The molecule has 1 heteroatoms. The summed E-state index contributed by atoms with van der Waals surface area (Å²) >= 11 is 0. The molecule has 0 N–H and O–H groups in total. The number of allylic oxidation sites excluding steroid dienone is 2. The van der Waals surface area contributed by atoms with Crippen LogP contribution in [0.2, 0.25) is 0 Å². The van der Waals surface area contributed by atoms with Crippen LogP contribution in [-0.4, -0.2) is 12.8 Å². The van der Waals surface area contributed by atoms with E-state index in [1.165, 1.54) is 12.0 Å². The molecule has 0 saturated heterocycles. The van der Waals surface area contributed by atoms with Gasteiger partial charge >= 0.3 is 0 Å². The fourth-order valence-electron chi connectivity index (χ4n) is 1.33. The first-order valence-corrected chi connectivity index (χ1v) is 5.19. The van der Waals surface area contributed by atoms with Gasteiger partial charge in [-0.05, 0) is 37.7 Å². The van der Waals surface area contributed by atoms with Gasteiger partial charge in [0.05, 0.1) is 0 Å². The number of rotatable bonds is 5. The first kappa shape index (κ1) is 12.4. The van der Waals surface area contributed by atoms with E-state index in [4.69, 9.17) is 0 Å². The topological polar surface area (TPSA) is 12.4 Å². The smallest absolute Gasteiger partial charge is 0.0415 e. The average Bonchev–Trinajstić information content (AvgIpc) is 2.02. The van der Waals surface area contributed by atoms with Crippen LogP contribution in [0.15, 0.2) is 16.6 Å². The van der Waals surface area contributed by atoms with Gasteiger partial charge in [0.25, 0.3) is 0 Å². The lowest BCUT2D eigenvalue weighted by atomic mass is 9.99. The molecule has 0 radical (unpaired) electrons. The molecular formula is C12H23N. The van der Waals surface area contributed by atoms with Crippen LogP contribution in [-0.2, 0) is 0 Å². The van der Waals surface area contributed by atoms with Crippen LogP contribution in [0.1, 0.15) is 41.0 Å². The predicted octanol–water partition coefficient (Wildman–Crippen LogP) is 3.71. The Morgan fingerprint density at radius 3 is 2.38 bits per heavy atom.